The molecule has 197 valence electrons. The second-order valence-electron chi connectivity index (χ2n) is 9.55. The third-order valence-corrected chi connectivity index (χ3v) is 8.27. The average Bonchev–Trinajstić information content (AvgIpc) is 3.42. The van der Waals surface area contributed by atoms with Gasteiger partial charge in [0.05, 0.1) is 2.74 Å². The molecular formula is C35H30IrN2S-2. The molecule has 6 aromatic rings. The van der Waals surface area contributed by atoms with Gasteiger partial charge in [-0.05, 0) is 64.3 Å². The Morgan fingerprint density at radius 2 is 1.67 bits per heavy atom. The molecule has 2 nitrogen and oxygen atoms in total. The van der Waals surface area contributed by atoms with Crippen LogP contribution in [0.2, 0.25) is 0 Å². The van der Waals surface area contributed by atoms with Gasteiger partial charge >= 0.3 is 0 Å². The molecule has 3 aromatic heterocycles. The summed E-state index contributed by atoms with van der Waals surface area (Å²) in [5, 5.41) is 2.16. The minimum absolute atomic E-state index is 0. The van der Waals surface area contributed by atoms with Crippen molar-refractivity contribution in [1.82, 2.24) is 9.97 Å². The van der Waals surface area contributed by atoms with Gasteiger partial charge in [0, 0.05) is 41.3 Å². The maximum Gasteiger partial charge on any atom is 0.0618 e. The van der Waals surface area contributed by atoms with E-state index in [2.05, 4.69) is 46.5 Å². The third kappa shape index (κ3) is 6.20. The van der Waals surface area contributed by atoms with Gasteiger partial charge < -0.3 is 9.97 Å². The average molecular weight is 708 g/mol. The molecule has 1 radical (unpaired) electrons. The summed E-state index contributed by atoms with van der Waals surface area (Å²) in [6.45, 7) is -2.45. The zero-order valence-corrected chi connectivity index (χ0v) is 24.5. The van der Waals surface area contributed by atoms with E-state index in [0.717, 1.165) is 37.3 Å². The smallest absolute Gasteiger partial charge is 0.0618 e. The minimum atomic E-state index is -2.45. The molecule has 1 fully saturated rings. The monoisotopic (exact) mass is 708 g/mol. The summed E-state index contributed by atoms with van der Waals surface area (Å²) in [4.78, 5) is 8.80. The number of aryl methyl sites for hydroxylation is 1. The first-order chi connectivity index (χ1) is 20.8. The van der Waals surface area contributed by atoms with Crippen LogP contribution >= 0.6 is 11.3 Å². The summed E-state index contributed by atoms with van der Waals surface area (Å²) in [5.74, 6) is 0.736. The van der Waals surface area contributed by atoms with Crippen molar-refractivity contribution in [3.63, 3.8) is 0 Å². The van der Waals surface area contributed by atoms with Crippen LogP contribution in [0, 0.1) is 19.0 Å². The van der Waals surface area contributed by atoms with E-state index in [1.807, 2.05) is 48.5 Å². The summed E-state index contributed by atoms with van der Waals surface area (Å²) in [6, 6.07) is 30.0. The number of nitrogens with zero attached hydrogens (tertiary/aromatic N) is 2. The van der Waals surface area contributed by atoms with E-state index in [-0.39, 0.29) is 43.4 Å². The largest absolute Gasteiger partial charge is 0.304 e. The normalized spacial score (nSPS) is 15.6. The molecule has 0 N–H and O–H groups in total. The quantitative estimate of drug-likeness (QED) is 0.171. The van der Waals surface area contributed by atoms with E-state index in [9.17, 15) is 0 Å². The number of rotatable bonds is 3. The number of fused-ring (bicyclic) bond motifs is 3. The van der Waals surface area contributed by atoms with Crippen molar-refractivity contribution in [2.24, 2.45) is 0 Å². The topological polar surface area (TPSA) is 25.8 Å². The van der Waals surface area contributed by atoms with Gasteiger partial charge in [-0.1, -0.05) is 67.1 Å². The summed E-state index contributed by atoms with van der Waals surface area (Å²) in [7, 11) is 0. The number of aromatic nitrogens is 2. The van der Waals surface area contributed by atoms with E-state index in [4.69, 9.17) is 6.85 Å². The van der Waals surface area contributed by atoms with Crippen molar-refractivity contribution in [2.75, 3.05) is 0 Å². The van der Waals surface area contributed by atoms with Crippen LogP contribution in [-0.4, -0.2) is 9.97 Å². The molecule has 7 rings (SSSR count). The van der Waals surface area contributed by atoms with Crippen molar-refractivity contribution in [3.8, 4) is 22.5 Å². The second-order valence-corrected chi connectivity index (χ2v) is 10.6. The zero-order chi connectivity index (χ0) is 30.0. The Labute approximate surface area is 255 Å². The van der Waals surface area contributed by atoms with Crippen molar-refractivity contribution in [3.05, 3.63) is 121 Å². The summed E-state index contributed by atoms with van der Waals surface area (Å²) >= 11 is 1.58. The summed E-state index contributed by atoms with van der Waals surface area (Å²) in [6.07, 6.45) is 10.1. The van der Waals surface area contributed by atoms with Gasteiger partial charge in [-0.25, -0.2) is 0 Å². The Hall–Kier alpha value is -3.17. The summed E-state index contributed by atoms with van der Waals surface area (Å²) in [5.41, 5.74) is 4.23. The van der Waals surface area contributed by atoms with E-state index >= 15 is 0 Å². The predicted octanol–water partition coefficient (Wildman–Crippen LogP) is 9.82. The Kier molecular flexibility index (Phi) is 7.09. The molecule has 3 aromatic carbocycles. The Morgan fingerprint density at radius 1 is 0.821 bits per heavy atom. The SMILES string of the molecule is [2H]c1c(C([2H])([2H])[2H])cnc(-c2[c-]ccc3c2sc2ccccc23)c1[2H].[Ir].[c-]1ccccc1-c1ccc(C2CCCCC2)cn1. The van der Waals surface area contributed by atoms with Crippen LogP contribution in [0.25, 0.3) is 42.7 Å². The van der Waals surface area contributed by atoms with Gasteiger partial charge in [0.1, 0.15) is 0 Å². The molecule has 4 heteroatoms. The predicted molar refractivity (Wildman–Crippen MR) is 160 cm³/mol. The maximum atomic E-state index is 8.25. The van der Waals surface area contributed by atoms with Crippen LogP contribution in [0.5, 0.6) is 0 Å². The molecule has 39 heavy (non-hydrogen) atoms. The van der Waals surface area contributed by atoms with Gasteiger partial charge in [-0.3, -0.25) is 0 Å². The van der Waals surface area contributed by atoms with Crippen molar-refractivity contribution in [1.29, 1.82) is 0 Å². The van der Waals surface area contributed by atoms with Gasteiger partial charge in [0.15, 0.2) is 0 Å². The molecule has 0 saturated heterocycles. The van der Waals surface area contributed by atoms with Crippen LogP contribution in [-0.2, 0) is 20.1 Å². The third-order valence-electron chi connectivity index (χ3n) is 7.06. The molecular weight excluding hydrogens is 673 g/mol. The maximum absolute atomic E-state index is 8.25. The number of hydrogen-bond donors (Lipinski definition) is 0. The number of pyridine rings is 2. The van der Waals surface area contributed by atoms with Crippen molar-refractivity contribution < 1.29 is 27.0 Å². The Balaban J connectivity index is 0.000000179. The number of hydrogen-bond acceptors (Lipinski definition) is 3. The van der Waals surface area contributed by atoms with Gasteiger partial charge in [0.2, 0.25) is 0 Å². The number of thiophene rings is 1. The van der Waals surface area contributed by atoms with E-state index in [0.29, 0.717) is 5.56 Å². The van der Waals surface area contributed by atoms with Crippen LogP contribution in [0.1, 0.15) is 56.0 Å². The molecule has 0 spiro atoms. The molecule has 1 saturated carbocycles. The first kappa shape index (κ1) is 21.6. The summed E-state index contributed by atoms with van der Waals surface area (Å²) < 4.78 is 40.8. The van der Waals surface area contributed by atoms with Crippen LogP contribution in [0.3, 0.4) is 0 Å². The Morgan fingerprint density at radius 3 is 2.46 bits per heavy atom. The Bertz CT molecular complexity index is 1860. The van der Waals surface area contributed by atoms with Gasteiger partial charge in [-0.15, -0.1) is 59.7 Å². The standard InChI is InChI=1S/C18H12NS.C17H18N.Ir/c1-12-9-10-16(19-11-12)15-7-4-6-14-13-5-2-3-8-17(13)20-18(14)15;1-3-7-14(8-4-1)16-11-12-17(18-13-16)15-9-5-2-6-10-15;/h2-6,8-11H,1H3;2,5-6,9,11-14H,1,3-4,7-8H2;/q2*-1;/i1D3,9D,10D;;. The van der Waals surface area contributed by atoms with E-state index < -0.39 is 6.85 Å². The first-order valence-electron chi connectivity index (χ1n) is 15.5. The van der Waals surface area contributed by atoms with E-state index in [1.54, 1.807) is 17.4 Å². The molecule has 1 aliphatic rings. The molecule has 0 amide bonds. The van der Waals surface area contributed by atoms with Crippen molar-refractivity contribution in [2.45, 2.75) is 44.9 Å². The van der Waals surface area contributed by atoms with Crippen LogP contribution in [0.15, 0.2) is 97.3 Å². The number of benzene rings is 3. The fraction of sp³-hybridized carbons (Fsp3) is 0.200. The second kappa shape index (κ2) is 12.8. The molecule has 0 bridgehead atoms. The zero-order valence-electron chi connectivity index (χ0n) is 26.3. The van der Waals surface area contributed by atoms with Gasteiger partial charge in [-0.2, -0.15) is 11.3 Å². The molecule has 0 aliphatic heterocycles. The molecule has 0 atom stereocenters. The molecule has 1 aliphatic carbocycles. The molecule has 3 heterocycles. The minimum Gasteiger partial charge on any atom is -0.304 e. The van der Waals surface area contributed by atoms with Crippen molar-refractivity contribution >= 4 is 31.5 Å². The van der Waals surface area contributed by atoms with Crippen LogP contribution in [0.4, 0.5) is 0 Å². The van der Waals surface area contributed by atoms with Crippen LogP contribution < -0.4 is 0 Å². The molecule has 0 unspecified atom stereocenters. The first-order valence-corrected chi connectivity index (χ1v) is 13.8. The fourth-order valence-corrected chi connectivity index (χ4v) is 6.31. The van der Waals surface area contributed by atoms with Gasteiger partial charge in [0.25, 0.3) is 0 Å². The van der Waals surface area contributed by atoms with E-state index in [1.165, 1.54) is 43.9 Å². The fourth-order valence-electron chi connectivity index (χ4n) is 5.11.